The maximum Gasteiger partial charge on any atom is 0.231 e. The van der Waals surface area contributed by atoms with Crippen molar-refractivity contribution in [2.75, 3.05) is 11.9 Å². The topological polar surface area (TPSA) is 60.2 Å². The fourth-order valence-electron chi connectivity index (χ4n) is 2.18. The maximum atomic E-state index is 5.57. The molecule has 5 heteroatoms. The van der Waals surface area contributed by atoms with E-state index < -0.39 is 0 Å². The minimum absolute atomic E-state index is 0.605. The van der Waals surface area contributed by atoms with E-state index in [2.05, 4.69) is 15.3 Å². The average molecular weight is 283 g/mol. The van der Waals surface area contributed by atoms with Crippen molar-refractivity contribution < 1.29 is 9.15 Å². The Balaban J connectivity index is 1.93. The Morgan fingerprint density at radius 2 is 1.90 bits per heavy atom. The number of rotatable bonds is 4. The van der Waals surface area contributed by atoms with Crippen molar-refractivity contribution in [1.82, 2.24) is 9.97 Å². The van der Waals surface area contributed by atoms with E-state index in [9.17, 15) is 0 Å². The molecule has 0 radical (unpaired) electrons. The van der Waals surface area contributed by atoms with Gasteiger partial charge >= 0.3 is 0 Å². The van der Waals surface area contributed by atoms with Gasteiger partial charge in [-0.1, -0.05) is 0 Å². The van der Waals surface area contributed by atoms with Gasteiger partial charge in [0, 0.05) is 5.69 Å². The van der Waals surface area contributed by atoms with Crippen LogP contribution in [0, 0.1) is 13.8 Å². The van der Waals surface area contributed by atoms with Gasteiger partial charge < -0.3 is 14.5 Å². The molecule has 108 valence electrons. The van der Waals surface area contributed by atoms with Crippen molar-refractivity contribution in [3.05, 3.63) is 41.9 Å². The van der Waals surface area contributed by atoms with E-state index >= 15 is 0 Å². The van der Waals surface area contributed by atoms with Crippen molar-refractivity contribution in [1.29, 1.82) is 0 Å². The number of benzene rings is 1. The summed E-state index contributed by atoms with van der Waals surface area (Å²) in [6, 6.07) is 9.71. The third kappa shape index (κ3) is 2.81. The van der Waals surface area contributed by atoms with Gasteiger partial charge in [-0.25, -0.2) is 4.98 Å². The highest BCUT2D eigenvalue weighted by Crippen LogP contribution is 2.27. The summed E-state index contributed by atoms with van der Waals surface area (Å²) >= 11 is 0. The summed E-state index contributed by atoms with van der Waals surface area (Å²) in [7, 11) is 0. The van der Waals surface area contributed by atoms with Gasteiger partial charge in [0.25, 0.3) is 0 Å². The summed E-state index contributed by atoms with van der Waals surface area (Å²) in [5.41, 5.74) is 1.55. The van der Waals surface area contributed by atoms with Crippen molar-refractivity contribution in [2.24, 2.45) is 0 Å². The monoisotopic (exact) mass is 283 g/mol. The zero-order chi connectivity index (χ0) is 14.8. The quantitative estimate of drug-likeness (QED) is 0.784. The van der Waals surface area contributed by atoms with Crippen molar-refractivity contribution in [2.45, 2.75) is 20.8 Å². The highest BCUT2D eigenvalue weighted by Gasteiger charge is 2.10. The standard InChI is InChI=1S/C16H17N3O2/c1-4-20-13-7-5-12(6-8-13)19-15-14-9-10(2)21-16(14)18-11(3)17-15/h5-9H,4H2,1-3H3,(H,17,18,19). The van der Waals surface area contributed by atoms with Crippen LogP contribution in [-0.2, 0) is 0 Å². The third-order valence-electron chi connectivity index (χ3n) is 3.06. The molecule has 1 aromatic carbocycles. The third-order valence-corrected chi connectivity index (χ3v) is 3.06. The Bertz CT molecular complexity index is 763. The summed E-state index contributed by atoms with van der Waals surface area (Å²) in [4.78, 5) is 8.75. The van der Waals surface area contributed by atoms with E-state index in [1.165, 1.54) is 0 Å². The molecule has 2 aromatic heterocycles. The largest absolute Gasteiger partial charge is 0.494 e. The van der Waals surface area contributed by atoms with Gasteiger partial charge in [-0.05, 0) is 51.1 Å². The Labute approximate surface area is 123 Å². The van der Waals surface area contributed by atoms with Crippen molar-refractivity contribution >= 4 is 22.6 Å². The zero-order valence-corrected chi connectivity index (χ0v) is 12.3. The summed E-state index contributed by atoms with van der Waals surface area (Å²) in [5, 5.41) is 4.19. The zero-order valence-electron chi connectivity index (χ0n) is 12.3. The smallest absolute Gasteiger partial charge is 0.231 e. The van der Waals surface area contributed by atoms with Crippen LogP contribution in [0.15, 0.2) is 34.7 Å². The van der Waals surface area contributed by atoms with Crippen LogP contribution in [0.25, 0.3) is 11.1 Å². The number of aromatic nitrogens is 2. The van der Waals surface area contributed by atoms with E-state index in [-0.39, 0.29) is 0 Å². The molecule has 0 aliphatic heterocycles. The lowest BCUT2D eigenvalue weighted by Gasteiger charge is -2.08. The fourth-order valence-corrected chi connectivity index (χ4v) is 2.18. The van der Waals surface area contributed by atoms with Crippen LogP contribution < -0.4 is 10.1 Å². The lowest BCUT2D eigenvalue weighted by atomic mass is 10.3. The van der Waals surface area contributed by atoms with Crippen LogP contribution in [0.4, 0.5) is 11.5 Å². The first-order valence-electron chi connectivity index (χ1n) is 6.90. The van der Waals surface area contributed by atoms with Crippen LogP contribution in [0.2, 0.25) is 0 Å². The Hall–Kier alpha value is -2.56. The average Bonchev–Trinajstić information content (AvgIpc) is 2.81. The molecule has 0 aliphatic carbocycles. The lowest BCUT2D eigenvalue weighted by molar-refractivity contribution is 0.340. The number of anilines is 2. The first-order chi connectivity index (χ1) is 10.2. The van der Waals surface area contributed by atoms with Gasteiger partial charge in [0.15, 0.2) is 0 Å². The summed E-state index contributed by atoms with van der Waals surface area (Å²) < 4.78 is 11.0. The maximum absolute atomic E-state index is 5.57. The number of hydrogen-bond donors (Lipinski definition) is 1. The van der Waals surface area contributed by atoms with Gasteiger partial charge in [0.05, 0.1) is 12.0 Å². The highest BCUT2D eigenvalue weighted by molar-refractivity contribution is 5.88. The molecule has 3 rings (SSSR count). The van der Waals surface area contributed by atoms with Gasteiger partial charge in [0.1, 0.15) is 23.2 Å². The number of furan rings is 1. The number of nitrogens with zero attached hydrogens (tertiary/aromatic N) is 2. The van der Waals surface area contributed by atoms with E-state index in [0.29, 0.717) is 18.1 Å². The first-order valence-corrected chi connectivity index (χ1v) is 6.90. The normalized spacial score (nSPS) is 10.8. The summed E-state index contributed by atoms with van der Waals surface area (Å²) in [5.74, 6) is 3.09. The highest BCUT2D eigenvalue weighted by atomic mass is 16.5. The number of aryl methyl sites for hydroxylation is 2. The van der Waals surface area contributed by atoms with Gasteiger partial charge in [0.2, 0.25) is 5.71 Å². The molecular formula is C16H17N3O2. The molecule has 0 unspecified atom stereocenters. The summed E-state index contributed by atoms with van der Waals surface area (Å²) in [6.45, 7) is 6.37. The van der Waals surface area contributed by atoms with E-state index in [1.54, 1.807) is 0 Å². The van der Waals surface area contributed by atoms with Crippen LogP contribution in [-0.4, -0.2) is 16.6 Å². The Morgan fingerprint density at radius 1 is 1.14 bits per heavy atom. The van der Waals surface area contributed by atoms with Crippen LogP contribution >= 0.6 is 0 Å². The number of fused-ring (bicyclic) bond motifs is 1. The van der Waals surface area contributed by atoms with Gasteiger partial charge in [-0.3, -0.25) is 0 Å². The number of nitrogens with one attached hydrogen (secondary N) is 1. The summed E-state index contributed by atoms with van der Waals surface area (Å²) in [6.07, 6.45) is 0. The Kier molecular flexibility index (Phi) is 3.48. The molecule has 21 heavy (non-hydrogen) atoms. The molecule has 0 aliphatic rings. The minimum Gasteiger partial charge on any atom is -0.494 e. The second-order valence-corrected chi connectivity index (χ2v) is 4.78. The molecule has 3 aromatic rings. The molecular weight excluding hydrogens is 266 g/mol. The van der Waals surface area contributed by atoms with Gasteiger partial charge in [-0.2, -0.15) is 4.98 Å². The van der Waals surface area contributed by atoms with E-state index in [4.69, 9.17) is 9.15 Å². The van der Waals surface area contributed by atoms with Gasteiger partial charge in [-0.15, -0.1) is 0 Å². The predicted octanol–water partition coefficient (Wildman–Crippen LogP) is 3.98. The molecule has 0 amide bonds. The molecule has 0 atom stereocenters. The second-order valence-electron chi connectivity index (χ2n) is 4.78. The molecule has 1 N–H and O–H groups in total. The van der Waals surface area contributed by atoms with Crippen LogP contribution in [0.1, 0.15) is 18.5 Å². The van der Waals surface area contributed by atoms with Crippen LogP contribution in [0.5, 0.6) is 5.75 Å². The van der Waals surface area contributed by atoms with Crippen molar-refractivity contribution in [3.63, 3.8) is 0 Å². The molecule has 0 fully saturated rings. The molecule has 5 nitrogen and oxygen atoms in total. The Morgan fingerprint density at radius 3 is 2.62 bits per heavy atom. The second kappa shape index (κ2) is 5.44. The predicted molar refractivity (Wildman–Crippen MR) is 82.2 cm³/mol. The lowest BCUT2D eigenvalue weighted by Crippen LogP contribution is -1.98. The molecule has 0 spiro atoms. The van der Waals surface area contributed by atoms with Crippen molar-refractivity contribution in [3.8, 4) is 5.75 Å². The van der Waals surface area contributed by atoms with Crippen LogP contribution in [0.3, 0.4) is 0 Å². The molecule has 0 saturated carbocycles. The first kappa shape index (κ1) is 13.4. The number of ether oxygens (including phenoxy) is 1. The van der Waals surface area contributed by atoms with E-state index in [1.807, 2.05) is 51.1 Å². The molecule has 2 heterocycles. The molecule has 0 saturated heterocycles. The fraction of sp³-hybridized carbons (Fsp3) is 0.250. The minimum atomic E-state index is 0.605. The SMILES string of the molecule is CCOc1ccc(Nc2nc(C)nc3oc(C)cc23)cc1. The molecule has 0 bridgehead atoms. The number of hydrogen-bond acceptors (Lipinski definition) is 5. The van der Waals surface area contributed by atoms with E-state index in [0.717, 1.165) is 28.4 Å².